The van der Waals surface area contributed by atoms with Gasteiger partial charge in [-0.05, 0) is 9.39 Å². The molecule has 0 heterocycles. The Morgan fingerprint density at radius 2 is 2.38 bits per heavy atom. The first-order valence-electron chi connectivity index (χ1n) is 2.17. The second kappa shape index (κ2) is 5.41. The molecule has 0 rings (SSSR count). The normalized spacial score (nSPS) is 13.9. The molecule has 0 bridgehead atoms. The van der Waals surface area contributed by atoms with Crippen LogP contribution in [0.1, 0.15) is 0 Å². The van der Waals surface area contributed by atoms with E-state index in [0.717, 1.165) is 0 Å². The number of aliphatic hydroxyl groups is 2. The van der Waals surface area contributed by atoms with Crippen molar-refractivity contribution < 1.29 is 15.1 Å². The van der Waals surface area contributed by atoms with E-state index in [2.05, 4.69) is 19.5 Å². The molecule has 0 aromatic heterocycles. The molecular formula is C3H10NO3P. The van der Waals surface area contributed by atoms with Gasteiger partial charge in [0, 0.05) is 0 Å². The lowest BCUT2D eigenvalue weighted by Gasteiger charge is -2.04. The minimum atomic E-state index is -0.789. The maximum atomic E-state index is 8.56. The van der Waals surface area contributed by atoms with Crippen LogP contribution in [0.15, 0.2) is 0 Å². The van der Waals surface area contributed by atoms with Crippen LogP contribution in [0.2, 0.25) is 0 Å². The van der Waals surface area contributed by atoms with Gasteiger partial charge in [0.1, 0.15) is 6.10 Å². The Labute approximate surface area is 50.1 Å². The smallest absolute Gasteiger partial charge is 0.102 e. The maximum absolute atomic E-state index is 8.56. The minimum absolute atomic E-state index is 0.0972. The SMILES string of the molecule is OCC(O)CONP. The third-order valence-corrected chi connectivity index (χ3v) is 0.736. The zero-order chi connectivity index (χ0) is 6.41. The summed E-state index contributed by atoms with van der Waals surface area (Å²) < 4.78 is 0. The van der Waals surface area contributed by atoms with E-state index in [1.807, 2.05) is 0 Å². The van der Waals surface area contributed by atoms with E-state index in [-0.39, 0.29) is 13.2 Å². The molecule has 2 unspecified atom stereocenters. The molecule has 0 aliphatic carbocycles. The molecule has 0 aromatic carbocycles. The van der Waals surface area contributed by atoms with Gasteiger partial charge in [-0.25, -0.2) is 0 Å². The van der Waals surface area contributed by atoms with Gasteiger partial charge >= 0.3 is 0 Å². The molecule has 2 atom stereocenters. The zero-order valence-corrected chi connectivity index (χ0v) is 5.53. The van der Waals surface area contributed by atoms with Gasteiger partial charge in [0.05, 0.1) is 13.2 Å². The molecule has 3 N–H and O–H groups in total. The highest BCUT2D eigenvalue weighted by Gasteiger charge is 1.98. The molecule has 50 valence electrons. The van der Waals surface area contributed by atoms with Crippen LogP contribution < -0.4 is 5.25 Å². The van der Waals surface area contributed by atoms with Crippen molar-refractivity contribution in [3.63, 3.8) is 0 Å². The van der Waals surface area contributed by atoms with Crippen molar-refractivity contribution in [1.29, 1.82) is 0 Å². The van der Waals surface area contributed by atoms with Crippen LogP contribution in [-0.4, -0.2) is 29.5 Å². The summed E-state index contributed by atoms with van der Waals surface area (Å²) in [4.78, 5) is 4.49. The molecule has 0 amide bonds. The van der Waals surface area contributed by atoms with E-state index in [0.29, 0.717) is 0 Å². The lowest BCUT2D eigenvalue weighted by atomic mass is 10.4. The fourth-order valence-corrected chi connectivity index (χ4v) is 0.293. The molecule has 0 fully saturated rings. The first kappa shape index (κ1) is 8.27. The Kier molecular flexibility index (Phi) is 5.59. The van der Waals surface area contributed by atoms with Crippen molar-refractivity contribution in [2.75, 3.05) is 13.2 Å². The molecule has 0 aromatic rings. The predicted molar refractivity (Wildman–Crippen MR) is 31.9 cm³/mol. The minimum Gasteiger partial charge on any atom is -0.394 e. The van der Waals surface area contributed by atoms with Gasteiger partial charge in [-0.1, -0.05) is 0 Å². The number of aliphatic hydroxyl groups excluding tert-OH is 2. The second-order valence-corrected chi connectivity index (χ2v) is 1.50. The number of nitrogens with one attached hydrogen (secondary N) is 1. The summed E-state index contributed by atoms with van der Waals surface area (Å²) in [6.45, 7) is -0.174. The fourth-order valence-electron chi connectivity index (χ4n) is 0.197. The second-order valence-electron chi connectivity index (χ2n) is 1.27. The van der Waals surface area contributed by atoms with Gasteiger partial charge in [0.2, 0.25) is 0 Å². The van der Waals surface area contributed by atoms with Crippen molar-refractivity contribution in [2.24, 2.45) is 0 Å². The van der Waals surface area contributed by atoms with E-state index in [4.69, 9.17) is 10.2 Å². The van der Waals surface area contributed by atoms with E-state index in [1.165, 1.54) is 0 Å². The standard InChI is InChI=1S/C3H10NO3P/c5-1-3(6)2-7-4-8/h3-6H,1-2,8H2. The van der Waals surface area contributed by atoms with Crippen molar-refractivity contribution in [1.82, 2.24) is 5.25 Å². The maximum Gasteiger partial charge on any atom is 0.102 e. The van der Waals surface area contributed by atoms with Crippen molar-refractivity contribution in [3.8, 4) is 0 Å². The number of hydrogen-bond donors (Lipinski definition) is 3. The van der Waals surface area contributed by atoms with E-state index >= 15 is 0 Å². The summed E-state index contributed by atoms with van der Waals surface area (Å²) in [5, 5.41) is 19.0. The highest BCUT2D eigenvalue weighted by Crippen LogP contribution is 1.80. The van der Waals surface area contributed by atoms with Gasteiger partial charge in [-0.3, -0.25) is 4.84 Å². The molecule has 0 spiro atoms. The summed E-state index contributed by atoms with van der Waals surface area (Å²) in [6.07, 6.45) is -0.789. The summed E-state index contributed by atoms with van der Waals surface area (Å²) in [7, 11) is 2.10. The van der Waals surface area contributed by atoms with Crippen LogP contribution in [0, 0.1) is 0 Å². The Balaban J connectivity index is 2.86. The summed E-state index contributed by atoms with van der Waals surface area (Å²) in [5.41, 5.74) is 0. The molecule has 8 heavy (non-hydrogen) atoms. The average Bonchev–Trinajstić information content (AvgIpc) is 1.83. The summed E-state index contributed by atoms with van der Waals surface area (Å²) >= 11 is 0. The van der Waals surface area contributed by atoms with Gasteiger partial charge in [-0.2, -0.15) is 5.25 Å². The van der Waals surface area contributed by atoms with Gasteiger partial charge in [0.25, 0.3) is 0 Å². The number of rotatable bonds is 4. The number of hydrogen-bond acceptors (Lipinski definition) is 4. The topological polar surface area (TPSA) is 61.7 Å². The van der Waals surface area contributed by atoms with Crippen LogP contribution in [0.3, 0.4) is 0 Å². The lowest BCUT2D eigenvalue weighted by molar-refractivity contribution is -0.00933. The van der Waals surface area contributed by atoms with Crippen LogP contribution in [-0.2, 0) is 4.84 Å². The van der Waals surface area contributed by atoms with Gasteiger partial charge < -0.3 is 10.2 Å². The fraction of sp³-hybridized carbons (Fsp3) is 1.00. The molecule has 0 radical (unpaired) electrons. The Morgan fingerprint density at radius 1 is 1.75 bits per heavy atom. The zero-order valence-electron chi connectivity index (χ0n) is 4.37. The lowest BCUT2D eigenvalue weighted by Crippen LogP contribution is -2.21. The first-order chi connectivity index (χ1) is 3.81. The Hall–Kier alpha value is 0.270. The molecule has 0 aliphatic heterocycles. The van der Waals surface area contributed by atoms with E-state index < -0.39 is 6.10 Å². The van der Waals surface area contributed by atoms with E-state index in [9.17, 15) is 0 Å². The van der Waals surface area contributed by atoms with Crippen LogP contribution in [0.5, 0.6) is 0 Å². The van der Waals surface area contributed by atoms with Gasteiger partial charge in [0.15, 0.2) is 0 Å². The van der Waals surface area contributed by atoms with Crippen LogP contribution >= 0.6 is 9.39 Å². The molecule has 0 aliphatic rings. The van der Waals surface area contributed by atoms with Crippen molar-refractivity contribution >= 4 is 9.39 Å². The Morgan fingerprint density at radius 3 is 2.75 bits per heavy atom. The summed E-state index contributed by atoms with van der Waals surface area (Å²) in [5.74, 6) is 0. The highest BCUT2D eigenvalue weighted by molar-refractivity contribution is 7.13. The molecule has 4 nitrogen and oxygen atoms in total. The summed E-state index contributed by atoms with van der Waals surface area (Å²) in [6, 6.07) is 0. The van der Waals surface area contributed by atoms with Crippen molar-refractivity contribution in [2.45, 2.75) is 6.10 Å². The van der Waals surface area contributed by atoms with Crippen molar-refractivity contribution in [3.05, 3.63) is 0 Å². The molecular weight excluding hydrogens is 129 g/mol. The van der Waals surface area contributed by atoms with Gasteiger partial charge in [-0.15, -0.1) is 0 Å². The predicted octanol–water partition coefficient (Wildman–Crippen LogP) is -1.35. The average molecular weight is 139 g/mol. The first-order valence-corrected chi connectivity index (χ1v) is 2.75. The highest BCUT2D eigenvalue weighted by atomic mass is 31.0. The molecule has 0 saturated carbocycles. The largest absolute Gasteiger partial charge is 0.394 e. The molecule has 0 saturated heterocycles. The Bertz CT molecular complexity index is 53.8. The van der Waals surface area contributed by atoms with Crippen LogP contribution in [0.4, 0.5) is 0 Å². The quantitative estimate of drug-likeness (QED) is 0.333. The monoisotopic (exact) mass is 139 g/mol. The van der Waals surface area contributed by atoms with E-state index in [1.54, 1.807) is 0 Å². The van der Waals surface area contributed by atoms with Crippen LogP contribution in [0.25, 0.3) is 0 Å². The third-order valence-electron chi connectivity index (χ3n) is 0.570. The molecule has 5 heteroatoms. The third kappa shape index (κ3) is 4.43.